The Labute approximate surface area is 225 Å². The smallest absolute Gasteiger partial charge is 0.312 e. The Kier molecular flexibility index (Phi) is 6.33. The van der Waals surface area contributed by atoms with E-state index in [0.717, 1.165) is 38.5 Å². The lowest BCUT2D eigenvalue weighted by molar-refractivity contribution is -0.250. The topological polar surface area (TPSA) is 52.6 Å². The highest BCUT2D eigenvalue weighted by molar-refractivity contribution is 5.78. The van der Waals surface area contributed by atoms with Crippen LogP contribution in [-0.2, 0) is 19.1 Å². The SMILES string of the molecule is C=C(C)[C@@H]1CC[C@]2(C(=O)OC)CC[C@]3(C)C(CCC4[C@@]5(C)CC[C@H](OC(C)=O)C(C)(C)C5CC[C@]43C)C12. The van der Waals surface area contributed by atoms with Crippen LogP contribution in [0.25, 0.3) is 0 Å². The number of hydrogen-bond acceptors (Lipinski definition) is 4. The summed E-state index contributed by atoms with van der Waals surface area (Å²) in [5.74, 6) is 2.43. The molecule has 4 unspecified atom stereocenters. The van der Waals surface area contributed by atoms with Gasteiger partial charge < -0.3 is 9.47 Å². The number of carbonyl (C=O) groups excluding carboxylic acids is 2. The minimum Gasteiger partial charge on any atom is -0.469 e. The second kappa shape index (κ2) is 8.59. The van der Waals surface area contributed by atoms with E-state index in [-0.39, 0.29) is 45.1 Å². The highest BCUT2D eigenvalue weighted by atomic mass is 16.5. The molecule has 0 heterocycles. The van der Waals surface area contributed by atoms with Gasteiger partial charge in [0.2, 0.25) is 0 Å². The van der Waals surface area contributed by atoms with Crippen molar-refractivity contribution in [3.05, 3.63) is 12.2 Å². The molecule has 0 aromatic carbocycles. The third-order valence-electron chi connectivity index (χ3n) is 13.9. The molecule has 208 valence electrons. The van der Waals surface area contributed by atoms with Crippen LogP contribution in [0.3, 0.4) is 0 Å². The van der Waals surface area contributed by atoms with Crippen LogP contribution < -0.4 is 0 Å². The van der Waals surface area contributed by atoms with Crippen LogP contribution in [0.15, 0.2) is 12.2 Å². The first kappa shape index (κ1) is 27.3. The van der Waals surface area contributed by atoms with Crippen LogP contribution >= 0.6 is 0 Å². The molecule has 5 aliphatic carbocycles. The number of carbonyl (C=O) groups is 2. The number of rotatable bonds is 3. The molecule has 0 bridgehead atoms. The van der Waals surface area contributed by atoms with E-state index in [1.54, 1.807) is 14.0 Å². The van der Waals surface area contributed by atoms with Crippen LogP contribution in [0.5, 0.6) is 0 Å². The van der Waals surface area contributed by atoms with Gasteiger partial charge in [0.1, 0.15) is 6.10 Å². The van der Waals surface area contributed by atoms with E-state index in [0.29, 0.717) is 29.6 Å². The van der Waals surface area contributed by atoms with Gasteiger partial charge in [-0.15, -0.1) is 0 Å². The molecule has 5 saturated carbocycles. The van der Waals surface area contributed by atoms with Crippen molar-refractivity contribution in [2.75, 3.05) is 7.11 Å². The van der Waals surface area contributed by atoms with E-state index in [2.05, 4.69) is 48.1 Å². The fourth-order valence-corrected chi connectivity index (χ4v) is 12.1. The summed E-state index contributed by atoms with van der Waals surface area (Å²) in [5.41, 5.74) is 1.63. The third kappa shape index (κ3) is 3.45. The second-order valence-corrected chi connectivity index (χ2v) is 15.3. The Morgan fingerprint density at radius 2 is 1.49 bits per heavy atom. The molecule has 0 spiro atoms. The van der Waals surface area contributed by atoms with Gasteiger partial charge in [-0.2, -0.15) is 0 Å². The van der Waals surface area contributed by atoms with Crippen LogP contribution in [-0.4, -0.2) is 25.2 Å². The summed E-state index contributed by atoms with van der Waals surface area (Å²) in [7, 11) is 1.59. The summed E-state index contributed by atoms with van der Waals surface area (Å²) in [6.45, 7) is 20.7. The number of esters is 2. The number of methoxy groups -OCH3 is 1. The van der Waals surface area contributed by atoms with Crippen molar-refractivity contribution in [1.29, 1.82) is 0 Å². The van der Waals surface area contributed by atoms with E-state index in [1.807, 2.05) is 0 Å². The quantitative estimate of drug-likeness (QED) is 0.286. The average molecular weight is 513 g/mol. The minimum absolute atomic E-state index is 0.0130. The Hall–Kier alpha value is -1.32. The van der Waals surface area contributed by atoms with Crippen LogP contribution in [0, 0.1) is 56.7 Å². The Bertz CT molecular complexity index is 983. The summed E-state index contributed by atoms with van der Waals surface area (Å²) >= 11 is 0. The van der Waals surface area contributed by atoms with Crippen molar-refractivity contribution >= 4 is 11.9 Å². The number of fused-ring (bicyclic) bond motifs is 7. The van der Waals surface area contributed by atoms with Gasteiger partial charge in [0, 0.05) is 12.3 Å². The molecule has 0 saturated heterocycles. The lowest BCUT2D eigenvalue weighted by Crippen LogP contribution is -2.67. The van der Waals surface area contributed by atoms with Gasteiger partial charge in [0.25, 0.3) is 0 Å². The molecule has 0 aromatic rings. The van der Waals surface area contributed by atoms with Crippen molar-refractivity contribution in [2.24, 2.45) is 56.7 Å². The lowest BCUT2D eigenvalue weighted by Gasteiger charge is -2.72. The molecule has 4 nitrogen and oxygen atoms in total. The third-order valence-corrected chi connectivity index (χ3v) is 13.9. The van der Waals surface area contributed by atoms with Crippen molar-refractivity contribution in [3.8, 4) is 0 Å². The fourth-order valence-electron chi connectivity index (χ4n) is 12.1. The molecule has 5 rings (SSSR count). The Balaban J connectivity index is 1.52. The molecule has 0 N–H and O–H groups in total. The first-order valence-corrected chi connectivity index (χ1v) is 15.1. The maximum atomic E-state index is 13.4. The van der Waals surface area contributed by atoms with E-state index < -0.39 is 0 Å². The van der Waals surface area contributed by atoms with Crippen LogP contribution in [0.1, 0.15) is 113 Å². The van der Waals surface area contributed by atoms with Crippen molar-refractivity contribution in [1.82, 2.24) is 0 Å². The average Bonchev–Trinajstić information content (AvgIpc) is 3.22. The monoisotopic (exact) mass is 512 g/mol. The molecule has 5 aliphatic rings. The number of ether oxygens (including phenoxy) is 2. The molecule has 10 atom stereocenters. The van der Waals surface area contributed by atoms with Gasteiger partial charge in [0.05, 0.1) is 12.5 Å². The maximum Gasteiger partial charge on any atom is 0.312 e. The summed E-state index contributed by atoms with van der Waals surface area (Å²) in [4.78, 5) is 25.3. The molecule has 0 aliphatic heterocycles. The normalized spacial score (nSPS) is 50.1. The van der Waals surface area contributed by atoms with Gasteiger partial charge in [-0.3, -0.25) is 9.59 Å². The summed E-state index contributed by atoms with van der Waals surface area (Å²) in [5, 5.41) is 0. The van der Waals surface area contributed by atoms with Crippen LogP contribution in [0.2, 0.25) is 0 Å². The van der Waals surface area contributed by atoms with Gasteiger partial charge >= 0.3 is 11.9 Å². The zero-order valence-corrected chi connectivity index (χ0v) is 24.9. The lowest BCUT2D eigenvalue weighted by atomic mass is 9.32. The van der Waals surface area contributed by atoms with Gasteiger partial charge in [-0.05, 0) is 117 Å². The van der Waals surface area contributed by atoms with Gasteiger partial charge in [0.15, 0.2) is 0 Å². The highest BCUT2D eigenvalue weighted by Crippen LogP contribution is 2.77. The fraction of sp³-hybridized carbons (Fsp3) is 0.879. The largest absolute Gasteiger partial charge is 0.469 e. The van der Waals surface area contributed by atoms with E-state index >= 15 is 0 Å². The standard InChI is InChI=1S/C33H52O4/c1-20(2)22-12-17-33(28(35)36-9)19-18-31(7)23(27(22)33)10-11-25-30(6)15-14-26(37-21(3)34)29(4,5)24(30)13-16-32(25,31)8/h22-27H,1,10-19H2,2-9H3/t22-,23?,24?,25?,26-,27?,30-,31+,32+,33-/m0/s1. The summed E-state index contributed by atoms with van der Waals surface area (Å²) in [6.07, 6.45) is 11.1. The first-order valence-electron chi connectivity index (χ1n) is 15.1. The van der Waals surface area contributed by atoms with Crippen molar-refractivity contribution < 1.29 is 19.1 Å². The Morgan fingerprint density at radius 3 is 2.11 bits per heavy atom. The minimum atomic E-state index is -0.322. The maximum absolute atomic E-state index is 13.4. The molecule has 0 amide bonds. The molecule has 5 fully saturated rings. The Morgan fingerprint density at radius 1 is 0.784 bits per heavy atom. The molecular formula is C33H52O4. The first-order chi connectivity index (χ1) is 17.2. The predicted molar refractivity (Wildman–Crippen MR) is 147 cm³/mol. The van der Waals surface area contributed by atoms with Gasteiger partial charge in [-0.1, -0.05) is 46.8 Å². The van der Waals surface area contributed by atoms with Crippen molar-refractivity contribution in [2.45, 2.75) is 119 Å². The molecule has 37 heavy (non-hydrogen) atoms. The summed E-state index contributed by atoms with van der Waals surface area (Å²) < 4.78 is 11.4. The van der Waals surface area contributed by atoms with E-state index in [9.17, 15) is 9.59 Å². The van der Waals surface area contributed by atoms with E-state index in [1.165, 1.54) is 31.3 Å². The predicted octanol–water partition coefficient (Wildman–Crippen LogP) is 7.75. The van der Waals surface area contributed by atoms with Gasteiger partial charge in [-0.25, -0.2) is 0 Å². The highest BCUT2D eigenvalue weighted by Gasteiger charge is 2.72. The van der Waals surface area contributed by atoms with E-state index in [4.69, 9.17) is 9.47 Å². The zero-order chi connectivity index (χ0) is 27.2. The molecule has 0 radical (unpaired) electrons. The molecule has 4 heteroatoms. The van der Waals surface area contributed by atoms with Crippen molar-refractivity contribution in [3.63, 3.8) is 0 Å². The van der Waals surface area contributed by atoms with Crippen LogP contribution in [0.4, 0.5) is 0 Å². The number of allylic oxidation sites excluding steroid dienone is 1. The molecular weight excluding hydrogens is 460 g/mol. The second-order valence-electron chi connectivity index (χ2n) is 15.3. The molecule has 0 aromatic heterocycles. The summed E-state index contributed by atoms with van der Waals surface area (Å²) in [6, 6.07) is 0. The zero-order valence-electron chi connectivity index (χ0n) is 24.9. The number of hydrogen-bond donors (Lipinski definition) is 0.